The molecule has 6 rings (SSSR count). The second-order valence-corrected chi connectivity index (χ2v) is 14.7. The molecule has 308 valence electrons. The van der Waals surface area contributed by atoms with Gasteiger partial charge in [0.15, 0.2) is 6.10 Å². The van der Waals surface area contributed by atoms with Crippen LogP contribution in [-0.4, -0.2) is 79.2 Å². The fraction of sp³-hybridized carbons (Fsp3) is 0.396. The lowest BCUT2D eigenvalue weighted by atomic mass is 9.76. The third kappa shape index (κ3) is 12.2. The van der Waals surface area contributed by atoms with Crippen molar-refractivity contribution in [3.05, 3.63) is 137 Å². The molecule has 1 saturated heterocycles. The number of hydrogen-bond donors (Lipinski definition) is 1. The molecule has 0 spiro atoms. The number of para-hydroxylation sites is 1. The van der Waals surface area contributed by atoms with E-state index < -0.39 is 12.3 Å². The molecule has 0 bridgehead atoms. The normalized spacial score (nSPS) is 17.1. The van der Waals surface area contributed by atoms with Gasteiger partial charge in [-0.1, -0.05) is 90.5 Å². The molecule has 0 radical (unpaired) electrons. The molecule has 5 aromatic rings. The van der Waals surface area contributed by atoms with E-state index in [0.29, 0.717) is 26.4 Å². The number of carbonyl (C=O) groups is 1. The number of methoxy groups -OCH3 is 3. The summed E-state index contributed by atoms with van der Waals surface area (Å²) < 4.78 is 46.4. The van der Waals surface area contributed by atoms with E-state index >= 15 is 0 Å². The maximum absolute atomic E-state index is 12.7. The summed E-state index contributed by atoms with van der Waals surface area (Å²) in [5, 5.41) is 5.90. The third-order valence-electron chi connectivity index (χ3n) is 10.6. The number of nitrogens with one attached hydrogen (secondary N) is 1. The van der Waals surface area contributed by atoms with Crippen molar-refractivity contribution in [2.45, 2.75) is 57.5 Å². The topological polar surface area (TPSA) is 103 Å². The molecule has 10 heteroatoms. The first-order valence-corrected chi connectivity index (χ1v) is 20.1. The van der Waals surface area contributed by atoms with Crippen LogP contribution in [0.5, 0.6) is 17.2 Å². The highest BCUT2D eigenvalue weighted by Gasteiger charge is 2.36. The fourth-order valence-corrected chi connectivity index (χ4v) is 7.57. The van der Waals surface area contributed by atoms with E-state index in [4.69, 9.17) is 37.9 Å². The van der Waals surface area contributed by atoms with E-state index in [-0.39, 0.29) is 37.8 Å². The molecule has 0 aliphatic carbocycles. The van der Waals surface area contributed by atoms with E-state index in [9.17, 15) is 4.79 Å². The highest BCUT2D eigenvalue weighted by atomic mass is 16.7. The van der Waals surface area contributed by atoms with Crippen molar-refractivity contribution >= 4 is 16.9 Å². The first-order chi connectivity index (χ1) is 28.4. The molecule has 1 fully saturated rings. The summed E-state index contributed by atoms with van der Waals surface area (Å²) in [7, 11) is 4.97. The Labute approximate surface area is 342 Å². The summed E-state index contributed by atoms with van der Waals surface area (Å²) in [5.74, 6) is 2.83. The summed E-state index contributed by atoms with van der Waals surface area (Å²) in [5.41, 5.74) is 5.44. The molecule has 1 heterocycles. The molecule has 4 atom stereocenters. The van der Waals surface area contributed by atoms with Crippen LogP contribution in [0.15, 0.2) is 109 Å². The van der Waals surface area contributed by atoms with Crippen molar-refractivity contribution in [3.8, 4) is 17.2 Å². The number of piperidine rings is 1. The summed E-state index contributed by atoms with van der Waals surface area (Å²) in [6, 6.07) is 36.8. The second kappa shape index (κ2) is 22.1. The number of rotatable bonds is 21. The standard InChI is InChI=1S/C48H57NO9/c1-34-14-16-35(17-15-34)30-57-48(50)58-42(32-51-2)33-56-46-29-49-28-39(19-18-36-26-38-10-5-7-12-43(38)45(27-36)53-4)47(46)37-20-22-41(23-21-37)55-25-9-24-54-31-40-11-6-8-13-44(40)52-3/h5-8,10-17,20-23,26-27,39,42,46-47,49H,9,18-19,24-25,28-33H2,1-4H3. The predicted molar refractivity (Wildman–Crippen MR) is 225 cm³/mol. The van der Waals surface area contributed by atoms with E-state index in [2.05, 4.69) is 47.8 Å². The van der Waals surface area contributed by atoms with Crippen LogP contribution in [-0.2, 0) is 43.3 Å². The lowest BCUT2D eigenvalue weighted by Crippen LogP contribution is -2.48. The molecule has 0 amide bonds. The van der Waals surface area contributed by atoms with Gasteiger partial charge in [0, 0.05) is 36.9 Å². The average molecular weight is 792 g/mol. The molecular weight excluding hydrogens is 735 g/mol. The van der Waals surface area contributed by atoms with Crippen LogP contribution < -0.4 is 19.5 Å². The average Bonchev–Trinajstić information content (AvgIpc) is 3.26. The number of benzene rings is 5. The van der Waals surface area contributed by atoms with Gasteiger partial charge in [-0.3, -0.25) is 0 Å². The fourth-order valence-electron chi connectivity index (χ4n) is 7.57. The SMILES string of the molecule is COCC(COC1CNCC(CCc2cc(OC)c3ccccc3c2)C1c1ccc(OCCCOCc2ccccc2OC)cc1)OC(=O)OCc1ccc(C)cc1. The second-order valence-electron chi connectivity index (χ2n) is 14.7. The van der Waals surface area contributed by atoms with Crippen molar-refractivity contribution < 1.29 is 42.7 Å². The highest BCUT2D eigenvalue weighted by molar-refractivity contribution is 5.89. The Morgan fingerprint density at radius 1 is 0.776 bits per heavy atom. The molecule has 5 aromatic carbocycles. The molecule has 1 aliphatic rings. The van der Waals surface area contributed by atoms with Gasteiger partial charge >= 0.3 is 6.16 Å². The first kappa shape index (κ1) is 42.5. The van der Waals surface area contributed by atoms with Crippen molar-refractivity contribution in [1.29, 1.82) is 0 Å². The Balaban J connectivity index is 1.10. The largest absolute Gasteiger partial charge is 0.509 e. The zero-order valence-corrected chi connectivity index (χ0v) is 34.2. The zero-order valence-electron chi connectivity index (χ0n) is 34.2. The Morgan fingerprint density at radius 2 is 1.55 bits per heavy atom. The summed E-state index contributed by atoms with van der Waals surface area (Å²) in [6.07, 6.45) is 0.966. The predicted octanol–water partition coefficient (Wildman–Crippen LogP) is 8.84. The molecule has 4 unspecified atom stereocenters. The van der Waals surface area contributed by atoms with Crippen molar-refractivity contribution in [2.75, 3.05) is 60.8 Å². The molecule has 10 nitrogen and oxygen atoms in total. The van der Waals surface area contributed by atoms with Crippen LogP contribution in [0, 0.1) is 12.8 Å². The number of fused-ring (bicyclic) bond motifs is 1. The third-order valence-corrected chi connectivity index (χ3v) is 10.6. The van der Waals surface area contributed by atoms with E-state index in [1.165, 1.54) is 11.1 Å². The van der Waals surface area contributed by atoms with Crippen LogP contribution >= 0.6 is 0 Å². The maximum atomic E-state index is 12.7. The molecular formula is C48H57NO9. The Hall–Kier alpha value is -5.13. The van der Waals surface area contributed by atoms with Gasteiger partial charge in [0.05, 0.1) is 53.4 Å². The molecule has 0 saturated carbocycles. The zero-order chi connectivity index (χ0) is 40.5. The molecule has 0 aromatic heterocycles. The number of ether oxygens (including phenoxy) is 8. The van der Waals surface area contributed by atoms with Crippen LogP contribution in [0.25, 0.3) is 10.8 Å². The summed E-state index contributed by atoms with van der Waals surface area (Å²) in [4.78, 5) is 12.7. The Kier molecular flexibility index (Phi) is 16.2. The van der Waals surface area contributed by atoms with Crippen LogP contribution in [0.2, 0.25) is 0 Å². The smallest absolute Gasteiger partial charge is 0.496 e. The molecule has 1 aliphatic heterocycles. The molecule has 1 N–H and O–H groups in total. The van der Waals surface area contributed by atoms with Crippen LogP contribution in [0.4, 0.5) is 4.79 Å². The quantitative estimate of drug-likeness (QED) is 0.0573. The summed E-state index contributed by atoms with van der Waals surface area (Å²) in [6.45, 7) is 5.56. The van der Waals surface area contributed by atoms with Gasteiger partial charge in [0.25, 0.3) is 0 Å². The minimum absolute atomic E-state index is 0.0673. The van der Waals surface area contributed by atoms with E-state index in [1.54, 1.807) is 21.3 Å². The monoisotopic (exact) mass is 791 g/mol. The maximum Gasteiger partial charge on any atom is 0.509 e. The van der Waals surface area contributed by atoms with E-state index in [0.717, 1.165) is 70.5 Å². The van der Waals surface area contributed by atoms with Gasteiger partial charge in [-0.15, -0.1) is 0 Å². The van der Waals surface area contributed by atoms with Gasteiger partial charge in [-0.25, -0.2) is 4.79 Å². The van der Waals surface area contributed by atoms with Gasteiger partial charge in [0.2, 0.25) is 0 Å². The minimum atomic E-state index is -0.758. The highest BCUT2D eigenvalue weighted by Crippen LogP contribution is 2.37. The number of aryl methyl sites for hydroxylation is 2. The Bertz CT molecular complexity index is 2000. The number of hydrogen-bond acceptors (Lipinski definition) is 10. The minimum Gasteiger partial charge on any atom is -0.496 e. The lowest BCUT2D eigenvalue weighted by molar-refractivity contribution is -0.0758. The van der Waals surface area contributed by atoms with Crippen molar-refractivity contribution in [3.63, 3.8) is 0 Å². The summed E-state index contributed by atoms with van der Waals surface area (Å²) >= 11 is 0. The molecule has 58 heavy (non-hydrogen) atoms. The lowest BCUT2D eigenvalue weighted by Gasteiger charge is -2.39. The Morgan fingerprint density at radius 3 is 2.34 bits per heavy atom. The number of carbonyl (C=O) groups excluding carboxylic acids is 1. The van der Waals surface area contributed by atoms with Crippen LogP contribution in [0.3, 0.4) is 0 Å². The van der Waals surface area contributed by atoms with Gasteiger partial charge in [0.1, 0.15) is 23.9 Å². The van der Waals surface area contributed by atoms with Crippen molar-refractivity contribution in [2.24, 2.45) is 5.92 Å². The van der Waals surface area contributed by atoms with Gasteiger partial charge in [-0.2, -0.15) is 0 Å². The van der Waals surface area contributed by atoms with E-state index in [1.807, 2.05) is 73.7 Å². The van der Waals surface area contributed by atoms with Crippen molar-refractivity contribution in [1.82, 2.24) is 5.32 Å². The van der Waals surface area contributed by atoms with Crippen LogP contribution in [0.1, 0.15) is 46.6 Å². The van der Waals surface area contributed by atoms with Gasteiger partial charge in [-0.05, 0) is 78.6 Å². The first-order valence-electron chi connectivity index (χ1n) is 20.1. The van der Waals surface area contributed by atoms with Gasteiger partial charge < -0.3 is 43.2 Å².